The normalized spacial score (nSPS) is 11.2. The molecule has 1 aromatic carbocycles. The lowest BCUT2D eigenvalue weighted by Crippen LogP contribution is -2.08. The van der Waals surface area contributed by atoms with Gasteiger partial charge in [-0.1, -0.05) is 6.07 Å². The molecule has 3 rings (SSSR count). The standard InChI is InChI=1S/C13H15N5/c1-9-3-4-10-11(7-9)18(13(14)16-10)8-12-15-5-6-17(12)2/h3-7H,8H2,1-2H3,(H2,14,16). The van der Waals surface area contributed by atoms with Crippen LogP contribution < -0.4 is 5.73 Å². The zero-order valence-electron chi connectivity index (χ0n) is 10.5. The molecule has 0 atom stereocenters. The van der Waals surface area contributed by atoms with Crippen molar-refractivity contribution in [3.05, 3.63) is 42.0 Å². The highest BCUT2D eigenvalue weighted by Gasteiger charge is 2.10. The first-order chi connectivity index (χ1) is 8.65. The van der Waals surface area contributed by atoms with Gasteiger partial charge in [0.1, 0.15) is 5.82 Å². The van der Waals surface area contributed by atoms with E-state index in [0.29, 0.717) is 12.5 Å². The molecule has 0 unspecified atom stereocenters. The second-order valence-electron chi connectivity index (χ2n) is 4.50. The van der Waals surface area contributed by atoms with Crippen LogP contribution in [0.1, 0.15) is 11.4 Å². The predicted octanol–water partition coefficient (Wildman–Crippen LogP) is 1.71. The molecule has 5 heteroatoms. The van der Waals surface area contributed by atoms with Crippen LogP contribution in [0, 0.1) is 6.92 Å². The summed E-state index contributed by atoms with van der Waals surface area (Å²) in [5.74, 6) is 1.49. The molecule has 0 aliphatic rings. The van der Waals surface area contributed by atoms with E-state index in [1.54, 1.807) is 6.20 Å². The molecule has 0 radical (unpaired) electrons. The third-order valence-electron chi connectivity index (χ3n) is 3.15. The Kier molecular flexibility index (Phi) is 2.33. The van der Waals surface area contributed by atoms with Crippen LogP contribution in [0.15, 0.2) is 30.6 Å². The van der Waals surface area contributed by atoms with Crippen LogP contribution in [0.5, 0.6) is 0 Å². The topological polar surface area (TPSA) is 61.7 Å². The Morgan fingerprint density at radius 3 is 2.89 bits per heavy atom. The molecule has 0 bridgehead atoms. The lowest BCUT2D eigenvalue weighted by atomic mass is 10.2. The van der Waals surface area contributed by atoms with Gasteiger partial charge in [-0.05, 0) is 24.6 Å². The van der Waals surface area contributed by atoms with Crippen molar-refractivity contribution in [2.45, 2.75) is 13.5 Å². The minimum absolute atomic E-state index is 0.526. The molecule has 0 saturated carbocycles. The van der Waals surface area contributed by atoms with Gasteiger partial charge in [0, 0.05) is 19.4 Å². The zero-order valence-corrected chi connectivity index (χ0v) is 10.5. The highest BCUT2D eigenvalue weighted by atomic mass is 15.2. The van der Waals surface area contributed by atoms with E-state index in [4.69, 9.17) is 5.73 Å². The maximum absolute atomic E-state index is 5.98. The van der Waals surface area contributed by atoms with Crippen LogP contribution in [0.2, 0.25) is 0 Å². The van der Waals surface area contributed by atoms with Gasteiger partial charge in [-0.2, -0.15) is 0 Å². The number of nitrogens with two attached hydrogens (primary N) is 1. The fourth-order valence-corrected chi connectivity index (χ4v) is 2.11. The minimum Gasteiger partial charge on any atom is -0.369 e. The lowest BCUT2D eigenvalue weighted by Gasteiger charge is -2.06. The maximum Gasteiger partial charge on any atom is 0.201 e. The van der Waals surface area contributed by atoms with E-state index >= 15 is 0 Å². The molecule has 2 N–H and O–H groups in total. The van der Waals surface area contributed by atoms with Gasteiger partial charge in [-0.15, -0.1) is 0 Å². The number of rotatable bonds is 2. The minimum atomic E-state index is 0.526. The van der Waals surface area contributed by atoms with Crippen molar-refractivity contribution in [2.24, 2.45) is 7.05 Å². The van der Waals surface area contributed by atoms with Crippen molar-refractivity contribution in [3.63, 3.8) is 0 Å². The Bertz CT molecular complexity index is 707. The molecule has 0 saturated heterocycles. The summed E-state index contributed by atoms with van der Waals surface area (Å²) >= 11 is 0. The largest absolute Gasteiger partial charge is 0.369 e. The first-order valence-corrected chi connectivity index (χ1v) is 5.84. The molecular weight excluding hydrogens is 226 g/mol. The number of hydrogen-bond donors (Lipinski definition) is 1. The summed E-state index contributed by atoms with van der Waals surface area (Å²) in [4.78, 5) is 8.69. The molecule has 18 heavy (non-hydrogen) atoms. The van der Waals surface area contributed by atoms with E-state index < -0.39 is 0 Å². The van der Waals surface area contributed by atoms with Gasteiger partial charge in [-0.3, -0.25) is 0 Å². The fraction of sp³-hybridized carbons (Fsp3) is 0.231. The first-order valence-electron chi connectivity index (χ1n) is 5.84. The Balaban J connectivity index is 2.13. The molecular formula is C13H15N5. The van der Waals surface area contributed by atoms with E-state index in [0.717, 1.165) is 16.9 Å². The molecule has 92 valence electrons. The van der Waals surface area contributed by atoms with Crippen LogP contribution in [-0.2, 0) is 13.6 Å². The number of anilines is 1. The monoisotopic (exact) mass is 241 g/mol. The number of imidazole rings is 2. The smallest absolute Gasteiger partial charge is 0.201 e. The van der Waals surface area contributed by atoms with Gasteiger partial charge < -0.3 is 14.9 Å². The van der Waals surface area contributed by atoms with Crippen molar-refractivity contribution in [2.75, 3.05) is 5.73 Å². The van der Waals surface area contributed by atoms with Crippen LogP contribution in [0.25, 0.3) is 11.0 Å². The molecule has 5 nitrogen and oxygen atoms in total. The molecule has 0 spiro atoms. The second kappa shape index (κ2) is 3.87. The van der Waals surface area contributed by atoms with E-state index in [9.17, 15) is 0 Å². The first kappa shape index (κ1) is 10.8. The van der Waals surface area contributed by atoms with Crippen molar-refractivity contribution in [1.29, 1.82) is 0 Å². The van der Waals surface area contributed by atoms with Crippen LogP contribution in [-0.4, -0.2) is 19.1 Å². The fourth-order valence-electron chi connectivity index (χ4n) is 2.11. The molecule has 2 aromatic heterocycles. The van der Waals surface area contributed by atoms with Crippen molar-refractivity contribution < 1.29 is 0 Å². The van der Waals surface area contributed by atoms with Gasteiger partial charge in [-0.25, -0.2) is 9.97 Å². The van der Waals surface area contributed by atoms with Gasteiger partial charge >= 0.3 is 0 Å². The van der Waals surface area contributed by atoms with Gasteiger partial charge in [0.2, 0.25) is 5.95 Å². The van der Waals surface area contributed by atoms with E-state index in [2.05, 4.69) is 23.0 Å². The van der Waals surface area contributed by atoms with Gasteiger partial charge in [0.25, 0.3) is 0 Å². The van der Waals surface area contributed by atoms with E-state index in [1.165, 1.54) is 5.56 Å². The quantitative estimate of drug-likeness (QED) is 0.743. The summed E-state index contributed by atoms with van der Waals surface area (Å²) in [7, 11) is 1.98. The number of nitrogen functional groups attached to an aromatic ring is 1. The summed E-state index contributed by atoms with van der Waals surface area (Å²) in [5.41, 5.74) is 9.16. The van der Waals surface area contributed by atoms with Crippen molar-refractivity contribution in [1.82, 2.24) is 19.1 Å². The maximum atomic E-state index is 5.98. The lowest BCUT2D eigenvalue weighted by molar-refractivity contribution is 0.720. The van der Waals surface area contributed by atoms with Crippen LogP contribution >= 0.6 is 0 Å². The molecule has 0 amide bonds. The average molecular weight is 241 g/mol. The van der Waals surface area contributed by atoms with Gasteiger partial charge in [0.15, 0.2) is 0 Å². The number of aryl methyl sites for hydroxylation is 2. The molecule has 0 fully saturated rings. The predicted molar refractivity (Wildman–Crippen MR) is 71.2 cm³/mol. The number of nitrogens with zero attached hydrogens (tertiary/aromatic N) is 4. The number of hydrogen-bond acceptors (Lipinski definition) is 3. The average Bonchev–Trinajstić information content (AvgIpc) is 2.86. The summed E-state index contributed by atoms with van der Waals surface area (Å²) < 4.78 is 3.98. The summed E-state index contributed by atoms with van der Waals surface area (Å²) in [5, 5.41) is 0. The summed E-state index contributed by atoms with van der Waals surface area (Å²) in [6.07, 6.45) is 3.71. The van der Waals surface area contributed by atoms with Crippen molar-refractivity contribution >= 4 is 17.0 Å². The van der Waals surface area contributed by atoms with Crippen LogP contribution in [0.3, 0.4) is 0 Å². The number of fused-ring (bicyclic) bond motifs is 1. The number of benzene rings is 1. The SMILES string of the molecule is Cc1ccc2nc(N)n(Cc3nccn3C)c2c1. The third kappa shape index (κ3) is 1.64. The Morgan fingerprint density at radius 1 is 1.33 bits per heavy atom. The second-order valence-corrected chi connectivity index (χ2v) is 4.50. The molecule has 0 aliphatic carbocycles. The third-order valence-corrected chi connectivity index (χ3v) is 3.15. The van der Waals surface area contributed by atoms with E-state index in [-0.39, 0.29) is 0 Å². The Hall–Kier alpha value is -2.30. The number of aromatic nitrogens is 4. The summed E-state index contributed by atoms with van der Waals surface area (Å²) in [6.45, 7) is 2.70. The Morgan fingerprint density at radius 2 is 2.17 bits per heavy atom. The molecule has 3 aromatic rings. The highest BCUT2D eigenvalue weighted by Crippen LogP contribution is 2.20. The molecule has 0 aliphatic heterocycles. The Labute approximate surface area is 105 Å². The van der Waals surface area contributed by atoms with Crippen molar-refractivity contribution in [3.8, 4) is 0 Å². The van der Waals surface area contributed by atoms with Crippen LogP contribution in [0.4, 0.5) is 5.95 Å². The summed E-state index contributed by atoms with van der Waals surface area (Å²) in [6, 6.07) is 6.14. The van der Waals surface area contributed by atoms with E-state index in [1.807, 2.05) is 34.5 Å². The molecule has 2 heterocycles. The highest BCUT2D eigenvalue weighted by molar-refractivity contribution is 5.79. The zero-order chi connectivity index (χ0) is 12.7. The van der Waals surface area contributed by atoms with Gasteiger partial charge in [0.05, 0.1) is 17.6 Å².